The molecule has 0 spiro atoms. The van der Waals surface area contributed by atoms with Crippen molar-refractivity contribution in [1.82, 2.24) is 0 Å². The number of nitro groups is 1. The second kappa shape index (κ2) is 5.62. The van der Waals surface area contributed by atoms with E-state index in [-0.39, 0.29) is 23.2 Å². The maximum Gasteiger partial charge on any atom is 0.307 e. The number of carboxylic acid groups (broad SMARTS) is 1. The number of ether oxygens (including phenoxy) is 1. The van der Waals surface area contributed by atoms with Gasteiger partial charge < -0.3 is 9.84 Å². The first-order valence-corrected chi connectivity index (χ1v) is 5.73. The zero-order chi connectivity index (χ0) is 13.0. The Morgan fingerprint density at radius 2 is 2.18 bits per heavy atom. The Morgan fingerprint density at radius 1 is 1.53 bits per heavy atom. The summed E-state index contributed by atoms with van der Waals surface area (Å²) in [7, 11) is 1.35. The fourth-order valence-corrected chi connectivity index (χ4v) is 1.88. The number of carbonyl (C=O) groups is 1. The van der Waals surface area contributed by atoms with E-state index in [0.717, 1.165) is 0 Å². The second-order valence-corrected chi connectivity index (χ2v) is 3.81. The van der Waals surface area contributed by atoms with Crippen LogP contribution in [0.4, 0.5) is 5.69 Å². The molecule has 6 nitrogen and oxygen atoms in total. The molecule has 0 aliphatic carbocycles. The number of carboxylic acids is 1. The molecule has 0 fully saturated rings. The largest absolute Gasteiger partial charge is 0.496 e. The summed E-state index contributed by atoms with van der Waals surface area (Å²) < 4.78 is 4.95. The summed E-state index contributed by atoms with van der Waals surface area (Å²) in [6.45, 7) is 0. The van der Waals surface area contributed by atoms with Gasteiger partial charge in [0, 0.05) is 16.5 Å². The molecule has 0 aromatic heterocycles. The Morgan fingerprint density at radius 3 is 2.59 bits per heavy atom. The summed E-state index contributed by atoms with van der Waals surface area (Å²) in [6, 6.07) is 2.72. The molecule has 0 amide bonds. The molecule has 7 heteroatoms. The number of hydrogen-bond donors (Lipinski definition) is 1. The summed E-state index contributed by atoms with van der Waals surface area (Å²) >= 11 is 3.13. The van der Waals surface area contributed by atoms with E-state index in [1.54, 1.807) is 0 Å². The number of nitrogens with zero attached hydrogens (tertiary/aromatic N) is 1. The number of hydrogen-bond acceptors (Lipinski definition) is 4. The molecule has 1 N–H and O–H groups in total. The van der Waals surface area contributed by atoms with Crippen LogP contribution in [0, 0.1) is 10.1 Å². The van der Waals surface area contributed by atoms with Gasteiger partial charge in [-0.05, 0) is 6.07 Å². The Hall–Kier alpha value is -1.63. The first-order chi connectivity index (χ1) is 7.99. The van der Waals surface area contributed by atoms with Crippen molar-refractivity contribution >= 4 is 27.6 Å². The molecule has 0 radical (unpaired) electrons. The van der Waals surface area contributed by atoms with Gasteiger partial charge in [-0.3, -0.25) is 14.9 Å². The van der Waals surface area contributed by atoms with Crippen LogP contribution in [0.2, 0.25) is 0 Å². The number of aliphatic carboxylic acids is 1. The highest BCUT2D eigenvalue weighted by Gasteiger charge is 2.19. The Bertz CT molecular complexity index is 460. The Kier molecular flexibility index (Phi) is 4.45. The summed E-state index contributed by atoms with van der Waals surface area (Å²) in [5, 5.41) is 19.8. The summed E-state index contributed by atoms with van der Waals surface area (Å²) in [4.78, 5) is 20.9. The van der Waals surface area contributed by atoms with Gasteiger partial charge in [0.1, 0.15) is 5.75 Å². The molecule has 0 saturated carbocycles. The van der Waals surface area contributed by atoms with Crippen LogP contribution in [0.5, 0.6) is 5.75 Å². The Labute approximate surface area is 105 Å². The third kappa shape index (κ3) is 3.16. The summed E-state index contributed by atoms with van der Waals surface area (Å²) in [5.74, 6) is -0.804. The lowest BCUT2D eigenvalue weighted by Crippen LogP contribution is -2.04. The molecule has 0 aliphatic heterocycles. The first kappa shape index (κ1) is 13.4. The molecule has 92 valence electrons. The van der Waals surface area contributed by atoms with E-state index >= 15 is 0 Å². The summed E-state index contributed by atoms with van der Waals surface area (Å²) in [6.07, 6.45) is -0.235. The SMILES string of the molecule is COc1cc([N+](=O)[O-])c(CBr)cc1CC(=O)O. The predicted molar refractivity (Wildman–Crippen MR) is 63.6 cm³/mol. The molecular formula is C10H10BrNO5. The molecule has 0 bridgehead atoms. The van der Waals surface area contributed by atoms with Gasteiger partial charge in [-0.1, -0.05) is 15.9 Å². The second-order valence-electron chi connectivity index (χ2n) is 3.25. The van der Waals surface area contributed by atoms with Crippen LogP contribution in [0.25, 0.3) is 0 Å². The van der Waals surface area contributed by atoms with E-state index in [1.807, 2.05) is 0 Å². The van der Waals surface area contributed by atoms with E-state index in [2.05, 4.69) is 15.9 Å². The maximum absolute atomic E-state index is 10.8. The van der Waals surface area contributed by atoms with E-state index in [1.165, 1.54) is 19.2 Å². The fourth-order valence-electron chi connectivity index (χ4n) is 1.43. The highest BCUT2D eigenvalue weighted by atomic mass is 79.9. The smallest absolute Gasteiger partial charge is 0.307 e. The topological polar surface area (TPSA) is 89.7 Å². The molecule has 1 aromatic carbocycles. The fraction of sp³-hybridized carbons (Fsp3) is 0.300. The van der Waals surface area contributed by atoms with Crippen LogP contribution >= 0.6 is 15.9 Å². The van der Waals surface area contributed by atoms with Crippen molar-refractivity contribution in [3.8, 4) is 5.75 Å². The lowest BCUT2D eigenvalue weighted by atomic mass is 10.1. The number of nitro benzene ring substituents is 1. The highest BCUT2D eigenvalue weighted by molar-refractivity contribution is 9.08. The number of benzene rings is 1. The maximum atomic E-state index is 10.8. The van der Waals surface area contributed by atoms with Crippen molar-refractivity contribution in [3.63, 3.8) is 0 Å². The molecule has 0 saturated heterocycles. The lowest BCUT2D eigenvalue weighted by Gasteiger charge is -2.08. The minimum absolute atomic E-state index is 0.0899. The third-order valence-electron chi connectivity index (χ3n) is 2.16. The number of alkyl halides is 1. The average Bonchev–Trinajstić information content (AvgIpc) is 2.27. The number of methoxy groups -OCH3 is 1. The van der Waals surface area contributed by atoms with E-state index in [0.29, 0.717) is 11.1 Å². The molecule has 0 atom stereocenters. The van der Waals surface area contributed by atoms with Crippen molar-refractivity contribution in [1.29, 1.82) is 0 Å². The zero-order valence-electron chi connectivity index (χ0n) is 8.97. The van der Waals surface area contributed by atoms with Gasteiger partial charge in [-0.2, -0.15) is 0 Å². The Balaban J connectivity index is 3.32. The van der Waals surface area contributed by atoms with Crippen molar-refractivity contribution in [2.45, 2.75) is 11.8 Å². The van der Waals surface area contributed by atoms with Crippen LogP contribution in [-0.4, -0.2) is 23.1 Å². The average molecular weight is 304 g/mol. The number of rotatable bonds is 5. The quantitative estimate of drug-likeness (QED) is 0.511. The van der Waals surface area contributed by atoms with Crippen LogP contribution < -0.4 is 4.74 Å². The van der Waals surface area contributed by atoms with Crippen LogP contribution in [0.1, 0.15) is 11.1 Å². The molecular weight excluding hydrogens is 294 g/mol. The van der Waals surface area contributed by atoms with Crippen molar-refractivity contribution in [2.75, 3.05) is 7.11 Å². The van der Waals surface area contributed by atoms with Crippen molar-refractivity contribution in [3.05, 3.63) is 33.4 Å². The van der Waals surface area contributed by atoms with Gasteiger partial charge in [-0.15, -0.1) is 0 Å². The summed E-state index contributed by atoms with van der Waals surface area (Å²) in [5.41, 5.74) is 0.750. The van der Waals surface area contributed by atoms with Gasteiger partial charge in [0.05, 0.1) is 24.5 Å². The van der Waals surface area contributed by atoms with Crippen molar-refractivity contribution < 1.29 is 19.6 Å². The molecule has 17 heavy (non-hydrogen) atoms. The monoisotopic (exact) mass is 303 g/mol. The van der Waals surface area contributed by atoms with E-state index < -0.39 is 10.9 Å². The molecule has 0 aliphatic rings. The van der Waals surface area contributed by atoms with Gasteiger partial charge >= 0.3 is 5.97 Å². The minimum atomic E-state index is -1.02. The predicted octanol–water partition coefficient (Wildman–Crippen LogP) is 2.13. The third-order valence-corrected chi connectivity index (χ3v) is 2.77. The van der Waals surface area contributed by atoms with Crippen LogP contribution in [0.3, 0.4) is 0 Å². The molecule has 0 unspecified atom stereocenters. The standard InChI is InChI=1S/C10H10BrNO5/c1-17-9-4-8(12(15)16)7(5-11)2-6(9)3-10(13)14/h2,4H,3,5H2,1H3,(H,13,14). The lowest BCUT2D eigenvalue weighted by molar-refractivity contribution is -0.385. The van der Waals surface area contributed by atoms with Gasteiger partial charge in [0.25, 0.3) is 5.69 Å². The molecule has 0 heterocycles. The number of halogens is 1. The van der Waals surface area contributed by atoms with Crippen molar-refractivity contribution in [2.24, 2.45) is 0 Å². The van der Waals surface area contributed by atoms with E-state index in [9.17, 15) is 14.9 Å². The zero-order valence-corrected chi connectivity index (χ0v) is 10.6. The molecule has 1 aromatic rings. The highest BCUT2D eigenvalue weighted by Crippen LogP contribution is 2.30. The molecule has 1 rings (SSSR count). The normalized spacial score (nSPS) is 10.0. The van der Waals surface area contributed by atoms with Gasteiger partial charge in [0.2, 0.25) is 0 Å². The minimum Gasteiger partial charge on any atom is -0.496 e. The van der Waals surface area contributed by atoms with Crippen LogP contribution in [0.15, 0.2) is 12.1 Å². The van der Waals surface area contributed by atoms with Crippen LogP contribution in [-0.2, 0) is 16.5 Å². The first-order valence-electron chi connectivity index (χ1n) is 4.61. The van der Waals surface area contributed by atoms with Gasteiger partial charge in [-0.25, -0.2) is 0 Å². The van der Waals surface area contributed by atoms with Gasteiger partial charge in [0.15, 0.2) is 0 Å². The van der Waals surface area contributed by atoms with E-state index in [4.69, 9.17) is 9.84 Å².